The van der Waals surface area contributed by atoms with Crippen LogP contribution >= 0.6 is 0 Å². The summed E-state index contributed by atoms with van der Waals surface area (Å²) in [5.41, 5.74) is 1.03. The number of hydrogen-bond acceptors (Lipinski definition) is 3. The van der Waals surface area contributed by atoms with Crippen LogP contribution in [0.1, 0.15) is 29.8 Å². The molecule has 0 spiro atoms. The van der Waals surface area contributed by atoms with Crippen LogP contribution in [0.15, 0.2) is 23.1 Å². The van der Waals surface area contributed by atoms with Crippen molar-refractivity contribution in [2.75, 3.05) is 0 Å². The zero-order valence-electron chi connectivity index (χ0n) is 10.0. The smallest absolute Gasteiger partial charge is 0.251 e. The number of nitrogens with one attached hydrogen (secondary N) is 1. The second-order valence-electron chi connectivity index (χ2n) is 4.15. The highest BCUT2D eigenvalue weighted by molar-refractivity contribution is 7.89. The first-order valence-corrected chi connectivity index (χ1v) is 6.71. The van der Waals surface area contributed by atoms with Gasteiger partial charge in [0.15, 0.2) is 0 Å². The Kier molecular flexibility index (Phi) is 3.90. The Morgan fingerprint density at radius 2 is 1.94 bits per heavy atom. The average Bonchev–Trinajstić information content (AvgIpc) is 2.15. The molecule has 0 bridgehead atoms. The predicted octanol–water partition coefficient (Wildman–Crippen LogP) is 0.781. The number of aryl methyl sites for hydroxylation is 1. The van der Waals surface area contributed by atoms with Crippen LogP contribution in [0.25, 0.3) is 0 Å². The topological polar surface area (TPSA) is 89.3 Å². The van der Waals surface area contributed by atoms with Gasteiger partial charge in [-0.3, -0.25) is 4.79 Å². The molecule has 1 rings (SSSR count). The van der Waals surface area contributed by atoms with E-state index in [4.69, 9.17) is 5.14 Å². The number of nitrogens with two attached hydrogens (primary N) is 1. The highest BCUT2D eigenvalue weighted by Crippen LogP contribution is 2.14. The molecule has 1 amide bonds. The van der Waals surface area contributed by atoms with Crippen LogP contribution in [0.5, 0.6) is 0 Å². The lowest BCUT2D eigenvalue weighted by atomic mass is 10.1. The summed E-state index contributed by atoms with van der Waals surface area (Å²) in [5, 5.41) is 7.72. The van der Waals surface area contributed by atoms with Gasteiger partial charge in [0, 0.05) is 11.6 Å². The fourth-order valence-electron chi connectivity index (χ4n) is 1.36. The Bertz CT molecular complexity index is 536. The third-order valence-electron chi connectivity index (χ3n) is 2.20. The second-order valence-corrected chi connectivity index (χ2v) is 5.71. The maximum absolute atomic E-state index is 11.8. The van der Waals surface area contributed by atoms with Gasteiger partial charge in [-0.15, -0.1) is 0 Å². The van der Waals surface area contributed by atoms with E-state index in [1.54, 1.807) is 13.0 Å². The van der Waals surface area contributed by atoms with Gasteiger partial charge in [-0.1, -0.05) is 6.07 Å². The first-order chi connectivity index (χ1) is 7.71. The molecule has 0 heterocycles. The molecule has 0 fully saturated rings. The first kappa shape index (κ1) is 13.7. The summed E-state index contributed by atoms with van der Waals surface area (Å²) in [5.74, 6) is -0.303. The monoisotopic (exact) mass is 256 g/mol. The Morgan fingerprint density at radius 1 is 1.35 bits per heavy atom. The van der Waals surface area contributed by atoms with Crippen molar-refractivity contribution in [2.45, 2.75) is 31.7 Å². The van der Waals surface area contributed by atoms with Crippen LogP contribution in [0, 0.1) is 6.92 Å². The number of primary sulfonamides is 1. The SMILES string of the molecule is Cc1ccc(S(N)(=O)=O)cc1C(=O)NC(C)C. The molecule has 94 valence electrons. The van der Waals surface area contributed by atoms with Gasteiger partial charge in [0.05, 0.1) is 4.90 Å². The van der Waals surface area contributed by atoms with Crippen molar-refractivity contribution in [3.8, 4) is 0 Å². The number of hydrogen-bond donors (Lipinski definition) is 2. The molecule has 0 unspecified atom stereocenters. The average molecular weight is 256 g/mol. The molecule has 0 saturated heterocycles. The van der Waals surface area contributed by atoms with Gasteiger partial charge in [0.25, 0.3) is 5.91 Å². The van der Waals surface area contributed by atoms with E-state index in [2.05, 4.69) is 5.32 Å². The van der Waals surface area contributed by atoms with Gasteiger partial charge in [-0.2, -0.15) is 0 Å². The minimum absolute atomic E-state index is 0.0139. The number of benzene rings is 1. The van der Waals surface area contributed by atoms with E-state index in [0.717, 1.165) is 0 Å². The highest BCUT2D eigenvalue weighted by Gasteiger charge is 2.15. The van der Waals surface area contributed by atoms with E-state index < -0.39 is 10.0 Å². The van der Waals surface area contributed by atoms with Crippen LogP contribution in [0.3, 0.4) is 0 Å². The van der Waals surface area contributed by atoms with Gasteiger partial charge in [-0.25, -0.2) is 13.6 Å². The standard InChI is InChI=1S/C11H16N2O3S/c1-7(2)13-11(14)10-6-9(17(12,15)16)5-4-8(10)3/h4-7H,1-3H3,(H,13,14)(H2,12,15,16). The van der Waals surface area contributed by atoms with Crippen molar-refractivity contribution >= 4 is 15.9 Å². The van der Waals surface area contributed by atoms with Gasteiger partial charge >= 0.3 is 0 Å². The summed E-state index contributed by atoms with van der Waals surface area (Å²) in [7, 11) is -3.78. The fraction of sp³-hybridized carbons (Fsp3) is 0.364. The van der Waals surface area contributed by atoms with E-state index in [0.29, 0.717) is 11.1 Å². The molecule has 6 heteroatoms. The molecule has 0 radical (unpaired) electrons. The van der Waals surface area contributed by atoms with Crippen LogP contribution in [-0.4, -0.2) is 20.4 Å². The van der Waals surface area contributed by atoms with Gasteiger partial charge in [0.1, 0.15) is 0 Å². The zero-order chi connectivity index (χ0) is 13.2. The molecule has 3 N–H and O–H groups in total. The Hall–Kier alpha value is -1.40. The van der Waals surface area contributed by atoms with E-state index in [9.17, 15) is 13.2 Å². The van der Waals surface area contributed by atoms with Crippen molar-refractivity contribution in [2.24, 2.45) is 5.14 Å². The predicted molar refractivity (Wildman–Crippen MR) is 65.2 cm³/mol. The summed E-state index contributed by atoms with van der Waals surface area (Å²) >= 11 is 0. The lowest BCUT2D eigenvalue weighted by molar-refractivity contribution is 0.0942. The zero-order valence-corrected chi connectivity index (χ0v) is 10.8. The Labute approximate surface area is 101 Å². The molecule has 0 aliphatic carbocycles. The van der Waals surface area contributed by atoms with E-state index >= 15 is 0 Å². The van der Waals surface area contributed by atoms with Crippen molar-refractivity contribution < 1.29 is 13.2 Å². The molecule has 1 aromatic carbocycles. The van der Waals surface area contributed by atoms with Crippen molar-refractivity contribution in [3.63, 3.8) is 0 Å². The van der Waals surface area contributed by atoms with Crippen LogP contribution < -0.4 is 10.5 Å². The number of sulfonamides is 1. The Morgan fingerprint density at radius 3 is 2.41 bits per heavy atom. The second kappa shape index (κ2) is 4.85. The van der Waals surface area contributed by atoms with Crippen LogP contribution in [0.4, 0.5) is 0 Å². The maximum atomic E-state index is 11.8. The fourth-order valence-corrected chi connectivity index (χ4v) is 1.90. The number of carbonyl (C=O) groups excluding carboxylic acids is 1. The largest absolute Gasteiger partial charge is 0.350 e. The summed E-state index contributed by atoms with van der Waals surface area (Å²) in [4.78, 5) is 11.8. The summed E-state index contributed by atoms with van der Waals surface area (Å²) in [6.07, 6.45) is 0. The molecule has 0 aliphatic heterocycles. The van der Waals surface area contributed by atoms with Crippen molar-refractivity contribution in [1.82, 2.24) is 5.32 Å². The summed E-state index contributed by atoms with van der Waals surface area (Å²) in [6.45, 7) is 5.40. The van der Waals surface area contributed by atoms with Crippen molar-refractivity contribution in [3.05, 3.63) is 29.3 Å². The molecular weight excluding hydrogens is 240 g/mol. The minimum atomic E-state index is -3.78. The quantitative estimate of drug-likeness (QED) is 0.837. The third kappa shape index (κ3) is 3.54. The number of carbonyl (C=O) groups is 1. The minimum Gasteiger partial charge on any atom is -0.350 e. The molecular formula is C11H16N2O3S. The van der Waals surface area contributed by atoms with Crippen LogP contribution in [0.2, 0.25) is 0 Å². The van der Waals surface area contributed by atoms with Gasteiger partial charge in [0.2, 0.25) is 10.0 Å². The van der Waals surface area contributed by atoms with Gasteiger partial charge < -0.3 is 5.32 Å². The van der Waals surface area contributed by atoms with E-state index in [1.165, 1.54) is 12.1 Å². The van der Waals surface area contributed by atoms with Gasteiger partial charge in [-0.05, 0) is 38.5 Å². The summed E-state index contributed by atoms with van der Waals surface area (Å²) in [6, 6.07) is 4.23. The normalized spacial score (nSPS) is 11.6. The number of amides is 1. The first-order valence-electron chi connectivity index (χ1n) is 5.16. The third-order valence-corrected chi connectivity index (χ3v) is 3.11. The van der Waals surface area contributed by atoms with Crippen molar-refractivity contribution in [1.29, 1.82) is 0 Å². The summed E-state index contributed by atoms with van der Waals surface area (Å²) < 4.78 is 22.4. The molecule has 17 heavy (non-hydrogen) atoms. The molecule has 0 aromatic heterocycles. The maximum Gasteiger partial charge on any atom is 0.251 e. The van der Waals surface area contributed by atoms with Crippen LogP contribution in [-0.2, 0) is 10.0 Å². The highest BCUT2D eigenvalue weighted by atomic mass is 32.2. The lowest BCUT2D eigenvalue weighted by Crippen LogP contribution is -2.30. The molecule has 1 aromatic rings. The molecule has 0 atom stereocenters. The molecule has 0 saturated carbocycles. The van der Waals surface area contributed by atoms with E-state index in [1.807, 2.05) is 13.8 Å². The number of rotatable bonds is 3. The Balaban J connectivity index is 3.20. The lowest BCUT2D eigenvalue weighted by Gasteiger charge is -2.11. The molecule has 5 nitrogen and oxygen atoms in total. The molecule has 0 aliphatic rings. The van der Waals surface area contributed by atoms with E-state index in [-0.39, 0.29) is 16.8 Å².